The van der Waals surface area contributed by atoms with Crippen LogP contribution >= 0.6 is 11.6 Å². The summed E-state index contributed by atoms with van der Waals surface area (Å²) in [5.74, 6) is 0. The van der Waals surface area contributed by atoms with E-state index < -0.39 is 11.7 Å². The molecule has 0 spiro atoms. The summed E-state index contributed by atoms with van der Waals surface area (Å²) in [5.41, 5.74) is -0.871. The molecule has 6 heteroatoms. The summed E-state index contributed by atoms with van der Waals surface area (Å²) in [6.45, 7) is 0.575. The highest BCUT2D eigenvalue weighted by atomic mass is 35.5. The SMILES string of the molecule is COCCNc1c(Cl)cccc1C(F)(F)F. The number of rotatable bonds is 4. The lowest BCUT2D eigenvalue weighted by Crippen LogP contribution is -2.14. The van der Waals surface area contributed by atoms with Gasteiger partial charge in [-0.1, -0.05) is 17.7 Å². The molecule has 0 fully saturated rings. The summed E-state index contributed by atoms with van der Waals surface area (Å²) in [6, 6.07) is 3.67. The monoisotopic (exact) mass is 253 g/mol. The van der Waals surface area contributed by atoms with E-state index in [0.717, 1.165) is 6.07 Å². The molecule has 0 saturated heterocycles. The zero-order valence-electron chi connectivity index (χ0n) is 8.57. The fraction of sp³-hybridized carbons (Fsp3) is 0.400. The molecule has 0 aromatic heterocycles. The Bertz CT molecular complexity index is 354. The van der Waals surface area contributed by atoms with Crippen molar-refractivity contribution in [3.63, 3.8) is 0 Å². The zero-order chi connectivity index (χ0) is 12.2. The molecular formula is C10H11ClF3NO. The smallest absolute Gasteiger partial charge is 0.383 e. The topological polar surface area (TPSA) is 21.3 Å². The Morgan fingerprint density at radius 2 is 2.06 bits per heavy atom. The Kier molecular flexibility index (Phi) is 4.44. The van der Waals surface area contributed by atoms with Gasteiger partial charge in [-0.3, -0.25) is 0 Å². The van der Waals surface area contributed by atoms with Crippen LogP contribution in [0.4, 0.5) is 18.9 Å². The second-order valence-corrected chi connectivity index (χ2v) is 3.49. The van der Waals surface area contributed by atoms with Gasteiger partial charge >= 0.3 is 6.18 Å². The maximum atomic E-state index is 12.6. The van der Waals surface area contributed by atoms with Gasteiger partial charge in [-0.05, 0) is 12.1 Å². The molecular weight excluding hydrogens is 243 g/mol. The molecule has 0 heterocycles. The third kappa shape index (κ3) is 3.28. The van der Waals surface area contributed by atoms with Crippen LogP contribution < -0.4 is 5.32 Å². The third-order valence-corrected chi connectivity index (χ3v) is 2.24. The van der Waals surface area contributed by atoms with E-state index in [1.54, 1.807) is 0 Å². The molecule has 2 nitrogen and oxygen atoms in total. The number of halogens is 4. The fourth-order valence-corrected chi connectivity index (χ4v) is 1.46. The zero-order valence-corrected chi connectivity index (χ0v) is 9.32. The first-order valence-corrected chi connectivity index (χ1v) is 4.93. The maximum absolute atomic E-state index is 12.6. The summed E-state index contributed by atoms with van der Waals surface area (Å²) < 4.78 is 42.6. The molecule has 0 amide bonds. The minimum Gasteiger partial charge on any atom is -0.383 e. The first-order valence-electron chi connectivity index (χ1n) is 4.55. The Morgan fingerprint density at radius 1 is 1.38 bits per heavy atom. The summed E-state index contributed by atoms with van der Waals surface area (Å²) >= 11 is 5.71. The molecule has 0 unspecified atom stereocenters. The lowest BCUT2D eigenvalue weighted by Gasteiger charge is -2.15. The van der Waals surface area contributed by atoms with Gasteiger partial charge in [0.1, 0.15) is 0 Å². The van der Waals surface area contributed by atoms with Crippen molar-refractivity contribution in [2.45, 2.75) is 6.18 Å². The Labute approximate surface area is 96.4 Å². The maximum Gasteiger partial charge on any atom is 0.418 e. The van der Waals surface area contributed by atoms with E-state index >= 15 is 0 Å². The highest BCUT2D eigenvalue weighted by molar-refractivity contribution is 6.33. The summed E-state index contributed by atoms with van der Waals surface area (Å²) in [7, 11) is 1.47. The highest BCUT2D eigenvalue weighted by Crippen LogP contribution is 2.38. The van der Waals surface area contributed by atoms with Crippen molar-refractivity contribution in [2.75, 3.05) is 25.6 Å². The van der Waals surface area contributed by atoms with Crippen LogP contribution in [0.5, 0.6) is 0 Å². The largest absolute Gasteiger partial charge is 0.418 e. The van der Waals surface area contributed by atoms with Crippen LogP contribution in [0.3, 0.4) is 0 Å². The van der Waals surface area contributed by atoms with Gasteiger partial charge in [-0.15, -0.1) is 0 Å². The van der Waals surface area contributed by atoms with E-state index in [-0.39, 0.29) is 17.3 Å². The quantitative estimate of drug-likeness (QED) is 0.831. The minimum atomic E-state index is -4.42. The summed E-state index contributed by atoms with van der Waals surface area (Å²) in [6.07, 6.45) is -4.42. The van der Waals surface area contributed by atoms with Crippen LogP contribution in [-0.4, -0.2) is 20.3 Å². The van der Waals surface area contributed by atoms with Crippen molar-refractivity contribution in [3.8, 4) is 0 Å². The van der Waals surface area contributed by atoms with Crippen LogP contribution in [0.15, 0.2) is 18.2 Å². The lowest BCUT2D eigenvalue weighted by atomic mass is 10.1. The molecule has 0 bridgehead atoms. The van der Waals surface area contributed by atoms with E-state index in [1.165, 1.54) is 19.2 Å². The molecule has 1 rings (SSSR count). The second-order valence-electron chi connectivity index (χ2n) is 3.08. The minimum absolute atomic E-state index is 0.0472. The molecule has 0 aliphatic carbocycles. The number of alkyl halides is 3. The Balaban J connectivity index is 2.95. The van der Waals surface area contributed by atoms with Crippen LogP contribution in [0.1, 0.15) is 5.56 Å². The van der Waals surface area contributed by atoms with Crippen molar-refractivity contribution in [1.82, 2.24) is 0 Å². The van der Waals surface area contributed by atoms with Crippen molar-refractivity contribution < 1.29 is 17.9 Å². The number of para-hydroxylation sites is 1. The van der Waals surface area contributed by atoms with Crippen molar-refractivity contribution >= 4 is 17.3 Å². The summed E-state index contributed by atoms with van der Waals surface area (Å²) in [4.78, 5) is 0. The van der Waals surface area contributed by atoms with Crippen LogP contribution in [0, 0.1) is 0 Å². The van der Waals surface area contributed by atoms with Gasteiger partial charge in [0.2, 0.25) is 0 Å². The van der Waals surface area contributed by atoms with Crippen LogP contribution in [-0.2, 0) is 10.9 Å². The predicted molar refractivity (Wildman–Crippen MR) is 56.8 cm³/mol. The van der Waals surface area contributed by atoms with E-state index in [2.05, 4.69) is 5.32 Å². The van der Waals surface area contributed by atoms with Gasteiger partial charge in [0.25, 0.3) is 0 Å². The molecule has 1 aromatic carbocycles. The van der Waals surface area contributed by atoms with Crippen LogP contribution in [0.25, 0.3) is 0 Å². The standard InChI is InChI=1S/C10H11ClF3NO/c1-16-6-5-15-9-7(10(12,13)14)3-2-4-8(9)11/h2-4,15H,5-6H2,1H3. The second kappa shape index (κ2) is 5.41. The molecule has 0 aliphatic heterocycles. The molecule has 0 saturated carbocycles. The van der Waals surface area contributed by atoms with Gasteiger partial charge in [0.15, 0.2) is 0 Å². The van der Waals surface area contributed by atoms with Crippen molar-refractivity contribution in [1.29, 1.82) is 0 Å². The van der Waals surface area contributed by atoms with Gasteiger partial charge in [-0.25, -0.2) is 0 Å². The van der Waals surface area contributed by atoms with Gasteiger partial charge in [0.05, 0.1) is 22.9 Å². The molecule has 0 atom stereocenters. The first-order chi connectivity index (χ1) is 7.46. The average molecular weight is 254 g/mol. The first kappa shape index (κ1) is 13.1. The van der Waals surface area contributed by atoms with Crippen molar-refractivity contribution in [3.05, 3.63) is 28.8 Å². The molecule has 90 valence electrons. The number of ether oxygens (including phenoxy) is 1. The van der Waals surface area contributed by atoms with Gasteiger partial charge in [0, 0.05) is 13.7 Å². The van der Waals surface area contributed by atoms with Gasteiger partial charge in [-0.2, -0.15) is 13.2 Å². The molecule has 1 aromatic rings. The van der Waals surface area contributed by atoms with E-state index in [1.807, 2.05) is 0 Å². The molecule has 1 N–H and O–H groups in total. The summed E-state index contributed by atoms with van der Waals surface area (Å²) in [5, 5.41) is 2.66. The predicted octanol–water partition coefficient (Wildman–Crippen LogP) is 3.42. The average Bonchev–Trinajstić information content (AvgIpc) is 2.19. The number of benzene rings is 1. The lowest BCUT2D eigenvalue weighted by molar-refractivity contribution is -0.136. The van der Waals surface area contributed by atoms with Crippen LogP contribution in [0.2, 0.25) is 5.02 Å². The van der Waals surface area contributed by atoms with Crippen molar-refractivity contribution in [2.24, 2.45) is 0 Å². The number of hydrogen-bond acceptors (Lipinski definition) is 2. The van der Waals surface area contributed by atoms with E-state index in [9.17, 15) is 13.2 Å². The fourth-order valence-electron chi connectivity index (χ4n) is 1.22. The number of nitrogens with one attached hydrogen (secondary N) is 1. The van der Waals surface area contributed by atoms with E-state index in [0.29, 0.717) is 6.61 Å². The number of anilines is 1. The van der Waals surface area contributed by atoms with E-state index in [4.69, 9.17) is 16.3 Å². The molecule has 16 heavy (non-hydrogen) atoms. The highest BCUT2D eigenvalue weighted by Gasteiger charge is 2.34. The number of hydrogen-bond donors (Lipinski definition) is 1. The molecule has 0 aliphatic rings. The Hall–Kier alpha value is -0.940. The number of methoxy groups -OCH3 is 1. The normalized spacial score (nSPS) is 11.6. The van der Waals surface area contributed by atoms with Gasteiger partial charge < -0.3 is 10.1 Å². The Morgan fingerprint density at radius 3 is 2.62 bits per heavy atom. The molecule has 0 radical (unpaired) electrons. The third-order valence-electron chi connectivity index (χ3n) is 1.93.